The van der Waals surface area contributed by atoms with E-state index in [1.807, 2.05) is 0 Å². The Balaban J connectivity index is 1.61. The van der Waals surface area contributed by atoms with Gasteiger partial charge in [0.05, 0.1) is 22.3 Å². The Morgan fingerprint density at radius 3 is 2.61 bits per heavy atom. The average molecular weight is 506 g/mol. The smallest absolute Gasteiger partial charge is 0.248 e. The number of sulfonamides is 1. The predicted octanol–water partition coefficient (Wildman–Crippen LogP) is 3.95. The van der Waals surface area contributed by atoms with Gasteiger partial charge in [-0.15, -0.1) is 0 Å². The molecule has 3 N–H and O–H groups in total. The van der Waals surface area contributed by atoms with Crippen LogP contribution in [0.25, 0.3) is 0 Å². The molecular weight excluding hydrogens is 489 g/mol. The summed E-state index contributed by atoms with van der Waals surface area (Å²) in [7, 11) is -3.98. The summed E-state index contributed by atoms with van der Waals surface area (Å²) in [5.74, 6) is 0.150. The van der Waals surface area contributed by atoms with E-state index in [2.05, 4.69) is 19.4 Å². The van der Waals surface area contributed by atoms with Gasteiger partial charge in [0.2, 0.25) is 21.7 Å². The number of benzene rings is 1. The zero-order valence-electron chi connectivity index (χ0n) is 15.8. The van der Waals surface area contributed by atoms with Crippen molar-refractivity contribution in [1.82, 2.24) is 13.1 Å². The number of aromatic nitrogens is 2. The van der Waals surface area contributed by atoms with Gasteiger partial charge >= 0.3 is 0 Å². The molecule has 31 heavy (non-hydrogen) atoms. The first kappa shape index (κ1) is 22.1. The maximum Gasteiger partial charge on any atom is 0.248 e. The maximum absolute atomic E-state index is 13.0. The van der Waals surface area contributed by atoms with Crippen molar-refractivity contribution < 1.29 is 22.5 Å². The first-order chi connectivity index (χ1) is 14.8. The first-order valence-electron chi connectivity index (χ1n) is 9.11. The van der Waals surface area contributed by atoms with E-state index in [9.17, 15) is 18.1 Å². The number of aromatic hydroxyl groups is 1. The molecule has 3 aromatic rings. The van der Waals surface area contributed by atoms with Crippen LogP contribution >= 0.6 is 34.3 Å². The van der Waals surface area contributed by atoms with Crippen LogP contribution in [0, 0.1) is 0 Å². The second-order valence-corrected chi connectivity index (χ2v) is 10.2. The standard InChI is InChI=1S/C17H17Cl2N5O5S2/c18-10-7-11(29-9-10)8-20-16-17(23-30(26)22-16)21-13-4-3-12(19)15(14(13)25)31(27,28)24-5-1-2-6-24/h3-4,7,9,25H,1-2,5-6,8H2,(H,20,22)(H,21,23). The molecule has 0 radical (unpaired) electrons. The molecule has 1 saturated heterocycles. The number of rotatable bonds is 7. The van der Waals surface area contributed by atoms with Crippen molar-refractivity contribution in [3.05, 3.63) is 40.3 Å². The summed E-state index contributed by atoms with van der Waals surface area (Å²) in [6, 6.07) is 4.36. The highest BCUT2D eigenvalue weighted by Crippen LogP contribution is 2.41. The van der Waals surface area contributed by atoms with Gasteiger partial charge in [-0.2, -0.15) is 4.31 Å². The Kier molecular flexibility index (Phi) is 6.28. The molecule has 1 atom stereocenters. The van der Waals surface area contributed by atoms with Gasteiger partial charge in [-0.05, 0) is 25.0 Å². The van der Waals surface area contributed by atoms with Crippen LogP contribution in [0.4, 0.5) is 17.3 Å². The third kappa shape index (κ3) is 4.59. The molecule has 0 saturated carbocycles. The van der Waals surface area contributed by atoms with E-state index in [4.69, 9.17) is 27.6 Å². The monoisotopic (exact) mass is 505 g/mol. The Bertz CT molecular complexity index is 1210. The van der Waals surface area contributed by atoms with Crippen LogP contribution in [-0.2, 0) is 16.6 Å². The highest BCUT2D eigenvalue weighted by Gasteiger charge is 2.33. The van der Waals surface area contributed by atoms with E-state index in [1.165, 1.54) is 22.7 Å². The number of phenolic OH excluding ortho intramolecular Hbond substituents is 1. The van der Waals surface area contributed by atoms with Crippen LogP contribution in [-0.4, -0.2) is 44.2 Å². The van der Waals surface area contributed by atoms with Gasteiger partial charge in [0, 0.05) is 27.9 Å². The van der Waals surface area contributed by atoms with Crippen molar-refractivity contribution >= 4 is 61.7 Å². The molecule has 0 aliphatic carbocycles. The number of hydrogen-bond acceptors (Lipinski definition) is 9. The van der Waals surface area contributed by atoms with E-state index >= 15 is 0 Å². The van der Waals surface area contributed by atoms with Crippen LogP contribution in [0.1, 0.15) is 18.6 Å². The molecule has 0 spiro atoms. The van der Waals surface area contributed by atoms with Crippen LogP contribution < -0.4 is 10.6 Å². The minimum Gasteiger partial charge on any atom is -0.546 e. The van der Waals surface area contributed by atoms with Gasteiger partial charge in [0.15, 0.2) is 16.9 Å². The molecule has 3 heterocycles. The minimum absolute atomic E-state index is 0.0235. The summed E-state index contributed by atoms with van der Waals surface area (Å²) in [5.41, 5.74) is 0.0235. The third-order valence-corrected chi connectivity index (χ3v) is 7.89. The van der Waals surface area contributed by atoms with Crippen molar-refractivity contribution in [2.75, 3.05) is 23.7 Å². The van der Waals surface area contributed by atoms with Gasteiger partial charge < -0.3 is 24.7 Å². The molecule has 1 unspecified atom stereocenters. The lowest BCUT2D eigenvalue weighted by Gasteiger charge is -2.19. The molecule has 1 aliphatic rings. The molecule has 14 heteroatoms. The maximum atomic E-state index is 13.0. The molecule has 0 bridgehead atoms. The van der Waals surface area contributed by atoms with E-state index in [0.717, 1.165) is 12.8 Å². The lowest BCUT2D eigenvalue weighted by molar-refractivity contribution is 0.445. The lowest BCUT2D eigenvalue weighted by atomic mass is 10.3. The van der Waals surface area contributed by atoms with Crippen molar-refractivity contribution in [3.63, 3.8) is 0 Å². The zero-order chi connectivity index (χ0) is 22.2. The second kappa shape index (κ2) is 8.81. The average Bonchev–Trinajstić information content (AvgIpc) is 3.44. The van der Waals surface area contributed by atoms with Crippen LogP contribution in [0.5, 0.6) is 5.75 Å². The molecule has 4 rings (SSSR count). The van der Waals surface area contributed by atoms with Gasteiger partial charge in [-0.1, -0.05) is 23.2 Å². The van der Waals surface area contributed by atoms with Gasteiger partial charge in [-0.25, -0.2) is 8.42 Å². The fourth-order valence-electron chi connectivity index (χ4n) is 3.16. The summed E-state index contributed by atoms with van der Waals surface area (Å²) < 4.78 is 52.0. The summed E-state index contributed by atoms with van der Waals surface area (Å²) in [4.78, 5) is -0.391. The molecule has 2 aromatic heterocycles. The number of nitrogens with one attached hydrogen (secondary N) is 2. The highest BCUT2D eigenvalue weighted by atomic mass is 35.5. The molecule has 1 aromatic carbocycles. The molecule has 10 nitrogen and oxygen atoms in total. The number of nitrogens with zero attached hydrogens (tertiary/aromatic N) is 3. The Morgan fingerprint density at radius 1 is 1.23 bits per heavy atom. The van der Waals surface area contributed by atoms with E-state index in [0.29, 0.717) is 23.9 Å². The largest absolute Gasteiger partial charge is 0.546 e. The number of halogens is 2. The normalized spacial score (nSPS) is 15.4. The van der Waals surface area contributed by atoms with Crippen molar-refractivity contribution in [3.8, 4) is 5.75 Å². The quantitative estimate of drug-likeness (QED) is 0.321. The first-order valence-corrected chi connectivity index (χ1v) is 12.4. The fraction of sp³-hybridized carbons (Fsp3) is 0.294. The second-order valence-electron chi connectivity index (χ2n) is 6.70. The number of furan rings is 1. The number of anilines is 3. The van der Waals surface area contributed by atoms with Crippen molar-refractivity contribution in [1.29, 1.82) is 0 Å². The Hall–Kier alpha value is -2.09. The molecule has 166 valence electrons. The van der Waals surface area contributed by atoms with E-state index in [1.54, 1.807) is 6.07 Å². The van der Waals surface area contributed by atoms with E-state index in [-0.39, 0.29) is 28.9 Å². The van der Waals surface area contributed by atoms with Crippen molar-refractivity contribution in [2.24, 2.45) is 0 Å². The molecular formula is C17H17Cl2N5O5S2. The van der Waals surface area contributed by atoms with Crippen molar-refractivity contribution in [2.45, 2.75) is 24.3 Å². The number of phenols is 1. The zero-order valence-corrected chi connectivity index (χ0v) is 19.0. The third-order valence-electron chi connectivity index (χ3n) is 4.61. The predicted molar refractivity (Wildman–Crippen MR) is 116 cm³/mol. The molecule has 0 amide bonds. The lowest BCUT2D eigenvalue weighted by Crippen LogP contribution is -2.28. The summed E-state index contributed by atoms with van der Waals surface area (Å²) >= 11 is 10.1. The highest BCUT2D eigenvalue weighted by molar-refractivity contribution is 7.89. The van der Waals surface area contributed by atoms with Gasteiger partial charge in [-0.3, -0.25) is 0 Å². The number of hydrogen-bond donors (Lipinski definition) is 3. The van der Waals surface area contributed by atoms with Crippen LogP contribution in [0.15, 0.2) is 33.8 Å². The summed E-state index contributed by atoms with van der Waals surface area (Å²) in [5, 5.41) is 16.7. The Morgan fingerprint density at radius 2 is 1.94 bits per heavy atom. The summed E-state index contributed by atoms with van der Waals surface area (Å²) in [6.07, 6.45) is 2.85. The molecule has 1 aliphatic heterocycles. The molecule has 1 fully saturated rings. The summed E-state index contributed by atoms with van der Waals surface area (Å²) in [6.45, 7) is 0.905. The topological polar surface area (TPSA) is 144 Å². The fourth-order valence-corrected chi connectivity index (χ4v) is 6.07. The van der Waals surface area contributed by atoms with Crippen LogP contribution in [0.2, 0.25) is 10.0 Å². The minimum atomic E-state index is -3.98. The van der Waals surface area contributed by atoms with Crippen LogP contribution in [0.3, 0.4) is 0 Å². The SMILES string of the molecule is O=S(=O)(c1c(Cl)ccc(Nc2n[s+]([O-])nc2NCc2cc(Cl)co2)c1O)N1CCCC1. The van der Waals surface area contributed by atoms with Gasteiger partial charge in [0.1, 0.15) is 16.9 Å². The Labute approximate surface area is 191 Å². The van der Waals surface area contributed by atoms with E-state index < -0.39 is 31.8 Å². The van der Waals surface area contributed by atoms with Gasteiger partial charge in [0.25, 0.3) is 0 Å².